The van der Waals surface area contributed by atoms with E-state index in [-0.39, 0.29) is 0 Å². The van der Waals surface area contributed by atoms with Crippen LogP contribution in [0.3, 0.4) is 0 Å². The largest absolute Gasteiger partial charge is 0.384 e. The maximum atomic E-state index is 10.6. The highest BCUT2D eigenvalue weighted by Gasteiger charge is 2.35. The summed E-state index contributed by atoms with van der Waals surface area (Å²) in [4.78, 5) is 0. The van der Waals surface area contributed by atoms with E-state index in [4.69, 9.17) is 0 Å². The Balaban J connectivity index is 2.26. The molecular formula is C12H15BrOS. The molecule has 1 fully saturated rings. The van der Waals surface area contributed by atoms with Gasteiger partial charge in [-0.05, 0) is 24.5 Å². The fourth-order valence-electron chi connectivity index (χ4n) is 1.93. The van der Waals surface area contributed by atoms with Crippen LogP contribution in [0.1, 0.15) is 25.3 Å². The zero-order valence-corrected chi connectivity index (χ0v) is 11.1. The fourth-order valence-corrected chi connectivity index (χ4v) is 3.73. The minimum atomic E-state index is -0.642. The van der Waals surface area contributed by atoms with Gasteiger partial charge < -0.3 is 5.11 Å². The number of halogens is 1. The summed E-state index contributed by atoms with van der Waals surface area (Å²) < 4.78 is 1.02. The summed E-state index contributed by atoms with van der Waals surface area (Å²) in [5.74, 6) is 0.802. The second-order valence-electron chi connectivity index (χ2n) is 4.17. The average molecular weight is 287 g/mol. The maximum absolute atomic E-state index is 10.6. The van der Waals surface area contributed by atoms with E-state index < -0.39 is 5.60 Å². The van der Waals surface area contributed by atoms with Crippen molar-refractivity contribution in [2.75, 3.05) is 5.75 Å². The van der Waals surface area contributed by atoms with Crippen molar-refractivity contribution in [3.8, 4) is 0 Å². The normalized spacial score (nSPS) is 31.5. The van der Waals surface area contributed by atoms with Crippen molar-refractivity contribution >= 4 is 27.7 Å². The molecule has 1 N–H and O–H groups in total. The predicted octanol–water partition coefficient (Wildman–Crippen LogP) is 3.55. The van der Waals surface area contributed by atoms with Gasteiger partial charge in [-0.3, -0.25) is 0 Å². The zero-order valence-electron chi connectivity index (χ0n) is 8.74. The molecule has 1 saturated heterocycles. The van der Waals surface area contributed by atoms with E-state index in [1.54, 1.807) is 0 Å². The summed E-state index contributed by atoms with van der Waals surface area (Å²) in [6, 6.07) is 7.98. The molecule has 82 valence electrons. The highest BCUT2D eigenvalue weighted by Crippen LogP contribution is 2.41. The molecule has 1 aromatic rings. The number of aliphatic hydroxyl groups is 1. The number of thioether (sulfide) groups is 1. The summed E-state index contributed by atoms with van der Waals surface area (Å²) >= 11 is 5.37. The maximum Gasteiger partial charge on any atom is 0.0997 e. The topological polar surface area (TPSA) is 20.2 Å². The van der Waals surface area contributed by atoms with Crippen LogP contribution in [0.5, 0.6) is 0 Å². The molecule has 0 aromatic heterocycles. The Hall–Kier alpha value is 0.01000. The van der Waals surface area contributed by atoms with Crippen molar-refractivity contribution in [2.45, 2.75) is 30.6 Å². The lowest BCUT2D eigenvalue weighted by molar-refractivity contribution is 0.0464. The number of rotatable bonds is 1. The Bertz CT molecular complexity index is 345. The van der Waals surface area contributed by atoms with Crippen LogP contribution in [0.4, 0.5) is 0 Å². The van der Waals surface area contributed by atoms with Crippen molar-refractivity contribution in [2.24, 2.45) is 0 Å². The highest BCUT2D eigenvalue weighted by molar-refractivity contribution is 9.10. The van der Waals surface area contributed by atoms with Gasteiger partial charge in [0.25, 0.3) is 0 Å². The number of benzene rings is 1. The van der Waals surface area contributed by atoms with E-state index in [9.17, 15) is 5.11 Å². The van der Waals surface area contributed by atoms with Crippen LogP contribution in [0.2, 0.25) is 0 Å². The highest BCUT2D eigenvalue weighted by atomic mass is 79.9. The molecule has 0 radical (unpaired) electrons. The molecule has 1 nitrogen and oxygen atoms in total. The third-order valence-corrected chi connectivity index (χ3v) is 5.09. The van der Waals surface area contributed by atoms with Crippen LogP contribution >= 0.6 is 27.7 Å². The molecular weight excluding hydrogens is 272 g/mol. The molecule has 0 aliphatic carbocycles. The minimum Gasteiger partial charge on any atom is -0.384 e. The molecule has 0 saturated carbocycles. The third-order valence-electron chi connectivity index (χ3n) is 2.95. The first-order valence-corrected chi connectivity index (χ1v) is 7.05. The Morgan fingerprint density at radius 2 is 2.20 bits per heavy atom. The van der Waals surface area contributed by atoms with Crippen molar-refractivity contribution in [3.63, 3.8) is 0 Å². The van der Waals surface area contributed by atoms with Crippen molar-refractivity contribution in [3.05, 3.63) is 34.3 Å². The van der Waals surface area contributed by atoms with Crippen LogP contribution in [-0.4, -0.2) is 16.1 Å². The van der Waals surface area contributed by atoms with E-state index in [0.717, 1.165) is 28.6 Å². The minimum absolute atomic E-state index is 0.642. The lowest BCUT2D eigenvalue weighted by atomic mass is 9.90. The SMILES string of the molecule is C[C@@H]1CC[C@@](O)(c2ccccc2Br)CS1. The van der Waals surface area contributed by atoms with Gasteiger partial charge in [0.1, 0.15) is 0 Å². The molecule has 0 unspecified atom stereocenters. The summed E-state index contributed by atoms with van der Waals surface area (Å²) in [7, 11) is 0. The summed E-state index contributed by atoms with van der Waals surface area (Å²) in [6.45, 7) is 2.23. The van der Waals surface area contributed by atoms with Gasteiger partial charge in [0.15, 0.2) is 0 Å². The van der Waals surface area contributed by atoms with E-state index in [1.807, 2.05) is 36.0 Å². The van der Waals surface area contributed by atoms with E-state index in [0.29, 0.717) is 5.25 Å². The Morgan fingerprint density at radius 1 is 1.47 bits per heavy atom. The summed E-state index contributed by atoms with van der Waals surface area (Å²) in [5, 5.41) is 11.3. The van der Waals surface area contributed by atoms with Crippen LogP contribution in [0.15, 0.2) is 28.7 Å². The lowest BCUT2D eigenvalue weighted by Crippen LogP contribution is -2.34. The van der Waals surface area contributed by atoms with Crippen molar-refractivity contribution < 1.29 is 5.11 Å². The van der Waals surface area contributed by atoms with Crippen LogP contribution < -0.4 is 0 Å². The summed E-state index contributed by atoms with van der Waals surface area (Å²) in [5.41, 5.74) is 0.390. The van der Waals surface area contributed by atoms with E-state index in [1.165, 1.54) is 0 Å². The molecule has 15 heavy (non-hydrogen) atoms. The molecule has 0 spiro atoms. The van der Waals surface area contributed by atoms with E-state index in [2.05, 4.69) is 22.9 Å². The van der Waals surface area contributed by atoms with Crippen LogP contribution in [0.25, 0.3) is 0 Å². The zero-order chi connectivity index (χ0) is 10.9. The summed E-state index contributed by atoms with van der Waals surface area (Å²) in [6.07, 6.45) is 1.95. The fraction of sp³-hybridized carbons (Fsp3) is 0.500. The monoisotopic (exact) mass is 286 g/mol. The van der Waals surface area contributed by atoms with Gasteiger partial charge in [0, 0.05) is 15.5 Å². The molecule has 0 bridgehead atoms. The molecule has 1 aliphatic heterocycles. The van der Waals surface area contributed by atoms with Gasteiger partial charge in [-0.15, -0.1) is 0 Å². The molecule has 0 amide bonds. The number of hydrogen-bond donors (Lipinski definition) is 1. The second-order valence-corrected chi connectivity index (χ2v) is 6.45. The number of hydrogen-bond acceptors (Lipinski definition) is 2. The first kappa shape index (κ1) is 11.5. The second kappa shape index (κ2) is 4.48. The van der Waals surface area contributed by atoms with Gasteiger partial charge in [0.05, 0.1) is 5.60 Å². The third kappa shape index (κ3) is 2.40. The molecule has 3 heteroatoms. The Kier molecular flexibility index (Phi) is 3.43. The van der Waals surface area contributed by atoms with Gasteiger partial charge in [-0.1, -0.05) is 41.1 Å². The quantitative estimate of drug-likeness (QED) is 0.852. The van der Waals surface area contributed by atoms with Gasteiger partial charge in [-0.25, -0.2) is 0 Å². The van der Waals surface area contributed by atoms with Gasteiger partial charge >= 0.3 is 0 Å². The van der Waals surface area contributed by atoms with Crippen molar-refractivity contribution in [1.82, 2.24) is 0 Å². The van der Waals surface area contributed by atoms with Crippen LogP contribution in [0, 0.1) is 0 Å². The molecule has 2 rings (SSSR count). The van der Waals surface area contributed by atoms with Crippen molar-refractivity contribution in [1.29, 1.82) is 0 Å². The first-order chi connectivity index (χ1) is 7.12. The molecule has 1 aromatic carbocycles. The van der Waals surface area contributed by atoms with Gasteiger partial charge in [-0.2, -0.15) is 11.8 Å². The first-order valence-electron chi connectivity index (χ1n) is 5.21. The Morgan fingerprint density at radius 3 is 2.80 bits per heavy atom. The molecule has 1 heterocycles. The Labute approximate surface area is 103 Å². The van der Waals surface area contributed by atoms with Crippen LogP contribution in [-0.2, 0) is 5.60 Å². The van der Waals surface area contributed by atoms with Gasteiger partial charge in [0.2, 0.25) is 0 Å². The average Bonchev–Trinajstić information content (AvgIpc) is 2.23. The van der Waals surface area contributed by atoms with E-state index >= 15 is 0 Å². The predicted molar refractivity (Wildman–Crippen MR) is 69.2 cm³/mol. The molecule has 1 aliphatic rings. The lowest BCUT2D eigenvalue weighted by Gasteiger charge is -2.35. The molecule has 2 atom stereocenters. The standard InChI is InChI=1S/C12H15BrOS/c1-9-6-7-12(14,8-15-9)10-4-2-3-5-11(10)13/h2-5,9,14H,6-8H2,1H3/t9-,12+/m1/s1. The smallest absolute Gasteiger partial charge is 0.0997 e.